The molecule has 0 spiro atoms. The Kier molecular flexibility index (Phi) is 4.08. The van der Waals surface area contributed by atoms with Crippen molar-refractivity contribution in [2.75, 3.05) is 6.54 Å². The van der Waals surface area contributed by atoms with Gasteiger partial charge in [-0.15, -0.1) is 0 Å². The van der Waals surface area contributed by atoms with E-state index in [0.717, 1.165) is 54.9 Å². The van der Waals surface area contributed by atoms with Gasteiger partial charge < -0.3 is 4.90 Å². The van der Waals surface area contributed by atoms with Crippen molar-refractivity contribution in [2.24, 2.45) is 0 Å². The number of hydrogen-bond donors (Lipinski definition) is 1. The topological polar surface area (TPSA) is 87.9 Å². The quantitative estimate of drug-likeness (QED) is 0.934. The van der Waals surface area contributed by atoms with Crippen molar-refractivity contribution < 1.29 is 9.42 Å². The standard InChI is InChI=1S/C17H23N5O2/c1-11-15(21-24-20-11)14-8-5-9-22(14)17(23)13-10-18-19-16(13)12-6-3-2-4-7-12/h10,12,14H,2-9H2,1H3,(H,18,19)/t14-/m0/s1. The Morgan fingerprint density at radius 3 is 2.79 bits per heavy atom. The molecule has 4 rings (SSSR count). The summed E-state index contributed by atoms with van der Waals surface area (Å²) in [6.45, 7) is 2.61. The largest absolute Gasteiger partial charge is 0.330 e. The highest BCUT2D eigenvalue weighted by Crippen LogP contribution is 2.37. The van der Waals surface area contributed by atoms with Crippen molar-refractivity contribution in [1.82, 2.24) is 25.4 Å². The number of aromatic nitrogens is 4. The number of nitrogens with one attached hydrogen (secondary N) is 1. The van der Waals surface area contributed by atoms with Crippen LogP contribution < -0.4 is 0 Å². The summed E-state index contributed by atoms with van der Waals surface area (Å²) >= 11 is 0. The molecular formula is C17H23N5O2. The Labute approximate surface area is 140 Å². The third-order valence-corrected chi connectivity index (χ3v) is 5.43. The molecular weight excluding hydrogens is 306 g/mol. The van der Waals surface area contributed by atoms with Crippen molar-refractivity contribution in [1.29, 1.82) is 0 Å². The second-order valence-corrected chi connectivity index (χ2v) is 6.92. The number of rotatable bonds is 3. The minimum absolute atomic E-state index is 0.0437. The average Bonchev–Trinajstić information content (AvgIpc) is 3.34. The number of H-pyrrole nitrogens is 1. The average molecular weight is 329 g/mol. The molecule has 2 aromatic rings. The van der Waals surface area contributed by atoms with Crippen molar-refractivity contribution in [3.8, 4) is 0 Å². The Morgan fingerprint density at radius 2 is 2.04 bits per heavy atom. The normalized spacial score (nSPS) is 22.2. The van der Waals surface area contributed by atoms with Crippen molar-refractivity contribution in [2.45, 2.75) is 63.8 Å². The van der Waals surface area contributed by atoms with Crippen LogP contribution in [0.25, 0.3) is 0 Å². The Morgan fingerprint density at radius 1 is 1.21 bits per heavy atom. The van der Waals surface area contributed by atoms with Crippen LogP contribution in [0.1, 0.15) is 84.3 Å². The zero-order valence-corrected chi connectivity index (χ0v) is 14.0. The van der Waals surface area contributed by atoms with Gasteiger partial charge >= 0.3 is 0 Å². The van der Waals surface area contributed by atoms with Gasteiger partial charge in [0.1, 0.15) is 11.4 Å². The number of hydrogen-bond acceptors (Lipinski definition) is 5. The van der Waals surface area contributed by atoms with Gasteiger partial charge in [-0.3, -0.25) is 9.89 Å². The summed E-state index contributed by atoms with van der Waals surface area (Å²) in [5.74, 6) is 0.478. The van der Waals surface area contributed by atoms with Gasteiger partial charge in [0.15, 0.2) is 0 Å². The minimum atomic E-state index is -0.0437. The lowest BCUT2D eigenvalue weighted by Crippen LogP contribution is -2.31. The van der Waals surface area contributed by atoms with E-state index in [2.05, 4.69) is 20.5 Å². The molecule has 0 unspecified atom stereocenters. The van der Waals surface area contributed by atoms with Gasteiger partial charge in [-0.2, -0.15) is 5.10 Å². The fourth-order valence-corrected chi connectivity index (χ4v) is 4.16. The number of carbonyl (C=O) groups is 1. The number of carbonyl (C=O) groups excluding carboxylic acids is 1. The molecule has 7 heteroatoms. The zero-order chi connectivity index (χ0) is 16.5. The summed E-state index contributed by atoms with van der Waals surface area (Å²) in [6.07, 6.45) is 9.59. The van der Waals surface area contributed by atoms with E-state index in [9.17, 15) is 4.79 Å². The highest BCUT2D eigenvalue weighted by atomic mass is 16.6. The third kappa shape index (κ3) is 2.61. The Hall–Kier alpha value is -2.18. The van der Waals surface area contributed by atoms with Crippen LogP contribution in [0.5, 0.6) is 0 Å². The maximum atomic E-state index is 13.2. The fraction of sp³-hybridized carbons (Fsp3) is 0.647. The van der Waals surface area contributed by atoms with E-state index in [1.807, 2.05) is 11.8 Å². The maximum absolute atomic E-state index is 13.2. The molecule has 7 nitrogen and oxygen atoms in total. The smallest absolute Gasteiger partial charge is 0.257 e. The first-order valence-corrected chi connectivity index (χ1v) is 8.89. The van der Waals surface area contributed by atoms with Crippen LogP contribution in [-0.2, 0) is 0 Å². The molecule has 128 valence electrons. The SMILES string of the molecule is Cc1nonc1[C@@H]1CCCN1C(=O)c1cn[nH]c1C1CCCCC1. The highest BCUT2D eigenvalue weighted by Gasteiger charge is 2.36. The molecule has 2 aromatic heterocycles. The number of aryl methyl sites for hydroxylation is 1. The highest BCUT2D eigenvalue weighted by molar-refractivity contribution is 5.95. The van der Waals surface area contributed by atoms with Crippen LogP contribution in [0, 0.1) is 6.92 Å². The second kappa shape index (κ2) is 6.37. The van der Waals surface area contributed by atoms with Crippen molar-refractivity contribution in [3.05, 3.63) is 28.8 Å². The lowest BCUT2D eigenvalue weighted by atomic mass is 9.85. The van der Waals surface area contributed by atoms with E-state index >= 15 is 0 Å². The first-order chi connectivity index (χ1) is 11.8. The molecule has 1 saturated heterocycles. The summed E-state index contributed by atoms with van der Waals surface area (Å²) < 4.78 is 4.84. The van der Waals surface area contributed by atoms with Crippen LogP contribution in [-0.4, -0.2) is 37.9 Å². The van der Waals surface area contributed by atoms with Crippen LogP contribution in [0.2, 0.25) is 0 Å². The van der Waals surface area contributed by atoms with E-state index in [1.165, 1.54) is 19.3 Å². The molecule has 24 heavy (non-hydrogen) atoms. The van der Waals surface area contributed by atoms with Gasteiger partial charge in [0.05, 0.1) is 23.5 Å². The Bertz CT molecular complexity index is 716. The summed E-state index contributed by atoms with van der Waals surface area (Å²) in [7, 11) is 0. The monoisotopic (exact) mass is 329 g/mol. The van der Waals surface area contributed by atoms with Gasteiger partial charge in [-0.05, 0) is 32.6 Å². The fourth-order valence-electron chi connectivity index (χ4n) is 4.16. The van der Waals surface area contributed by atoms with Gasteiger partial charge in [0.25, 0.3) is 5.91 Å². The number of nitrogens with zero attached hydrogens (tertiary/aromatic N) is 4. The first kappa shape index (κ1) is 15.4. The van der Waals surface area contributed by atoms with Gasteiger partial charge in [0, 0.05) is 12.5 Å². The molecule has 1 atom stereocenters. The van der Waals surface area contributed by atoms with Gasteiger partial charge in [-0.25, -0.2) is 4.63 Å². The first-order valence-electron chi connectivity index (χ1n) is 8.89. The molecule has 1 N–H and O–H groups in total. The molecule has 1 aliphatic carbocycles. The maximum Gasteiger partial charge on any atom is 0.257 e. The molecule has 0 radical (unpaired) electrons. The molecule has 1 aliphatic heterocycles. The van der Waals surface area contributed by atoms with Crippen molar-refractivity contribution >= 4 is 5.91 Å². The van der Waals surface area contributed by atoms with E-state index in [0.29, 0.717) is 5.92 Å². The number of amides is 1. The zero-order valence-electron chi connectivity index (χ0n) is 14.0. The van der Waals surface area contributed by atoms with E-state index in [1.54, 1.807) is 6.20 Å². The van der Waals surface area contributed by atoms with Crippen molar-refractivity contribution in [3.63, 3.8) is 0 Å². The molecule has 2 fully saturated rings. The van der Waals surface area contributed by atoms with Crippen LogP contribution >= 0.6 is 0 Å². The molecule has 1 saturated carbocycles. The van der Waals surface area contributed by atoms with Crippen LogP contribution in [0.4, 0.5) is 0 Å². The lowest BCUT2D eigenvalue weighted by molar-refractivity contribution is 0.0728. The molecule has 2 aliphatic rings. The second-order valence-electron chi connectivity index (χ2n) is 6.92. The number of aromatic amines is 1. The summed E-state index contributed by atoms with van der Waals surface area (Å²) in [5.41, 5.74) is 3.28. The summed E-state index contributed by atoms with van der Waals surface area (Å²) in [4.78, 5) is 15.1. The molecule has 0 bridgehead atoms. The summed E-state index contributed by atoms with van der Waals surface area (Å²) in [6, 6.07) is -0.0437. The predicted molar refractivity (Wildman–Crippen MR) is 86.5 cm³/mol. The molecule has 1 amide bonds. The Balaban J connectivity index is 1.59. The predicted octanol–water partition coefficient (Wildman–Crippen LogP) is 3.13. The minimum Gasteiger partial charge on any atom is -0.330 e. The van der Waals surface area contributed by atoms with Crippen LogP contribution in [0.3, 0.4) is 0 Å². The van der Waals surface area contributed by atoms with Gasteiger partial charge in [0.2, 0.25) is 0 Å². The van der Waals surface area contributed by atoms with E-state index in [-0.39, 0.29) is 11.9 Å². The molecule has 3 heterocycles. The summed E-state index contributed by atoms with van der Waals surface area (Å²) in [5, 5.41) is 15.2. The molecule has 0 aromatic carbocycles. The third-order valence-electron chi connectivity index (χ3n) is 5.43. The van der Waals surface area contributed by atoms with Gasteiger partial charge in [-0.1, -0.05) is 29.6 Å². The van der Waals surface area contributed by atoms with E-state index < -0.39 is 0 Å². The van der Waals surface area contributed by atoms with E-state index in [4.69, 9.17) is 4.63 Å². The number of likely N-dealkylation sites (tertiary alicyclic amines) is 1. The van der Waals surface area contributed by atoms with Crippen LogP contribution in [0.15, 0.2) is 10.8 Å². The lowest BCUT2D eigenvalue weighted by Gasteiger charge is -2.25.